The predicted molar refractivity (Wildman–Crippen MR) is 101 cm³/mol. The summed E-state index contributed by atoms with van der Waals surface area (Å²) in [4.78, 5) is 26.1. The zero-order valence-corrected chi connectivity index (χ0v) is 15.2. The van der Waals surface area contributed by atoms with E-state index in [2.05, 4.69) is 19.9 Å². The second-order valence-electron chi connectivity index (χ2n) is 6.96. The summed E-state index contributed by atoms with van der Waals surface area (Å²) >= 11 is 0. The van der Waals surface area contributed by atoms with Crippen LogP contribution in [0, 0.1) is 11.6 Å². The molecule has 0 bridgehead atoms. The average molecular weight is 382 g/mol. The SMILES string of the molecule is O=c1cc([C@@H]2CCCCN2Cc2ccc(F)c(F)c2)nc(-c2ccccn2)[nH]1. The highest BCUT2D eigenvalue weighted by Gasteiger charge is 2.26. The maximum Gasteiger partial charge on any atom is 0.251 e. The summed E-state index contributed by atoms with van der Waals surface area (Å²) in [6.45, 7) is 1.27. The molecule has 1 aliphatic rings. The number of piperidine rings is 1. The van der Waals surface area contributed by atoms with Crippen molar-refractivity contribution >= 4 is 0 Å². The number of likely N-dealkylation sites (tertiary alicyclic amines) is 1. The molecule has 0 saturated carbocycles. The van der Waals surface area contributed by atoms with Crippen molar-refractivity contribution in [1.29, 1.82) is 0 Å². The van der Waals surface area contributed by atoms with Crippen molar-refractivity contribution in [3.05, 3.63) is 81.9 Å². The van der Waals surface area contributed by atoms with Crippen LogP contribution in [0.25, 0.3) is 11.5 Å². The molecule has 2 aromatic heterocycles. The molecule has 1 fully saturated rings. The highest BCUT2D eigenvalue weighted by molar-refractivity contribution is 5.48. The van der Waals surface area contributed by atoms with E-state index in [9.17, 15) is 13.6 Å². The zero-order valence-electron chi connectivity index (χ0n) is 15.2. The number of nitrogens with one attached hydrogen (secondary N) is 1. The van der Waals surface area contributed by atoms with Gasteiger partial charge in [0.25, 0.3) is 5.56 Å². The van der Waals surface area contributed by atoms with E-state index in [1.165, 1.54) is 12.1 Å². The molecule has 0 amide bonds. The first kappa shape index (κ1) is 18.4. The van der Waals surface area contributed by atoms with Crippen LogP contribution < -0.4 is 5.56 Å². The fourth-order valence-corrected chi connectivity index (χ4v) is 3.66. The van der Waals surface area contributed by atoms with Crippen molar-refractivity contribution in [3.8, 4) is 11.5 Å². The Kier molecular flexibility index (Phi) is 5.25. The number of pyridine rings is 1. The van der Waals surface area contributed by atoms with E-state index in [1.54, 1.807) is 24.4 Å². The van der Waals surface area contributed by atoms with Gasteiger partial charge in [-0.1, -0.05) is 18.6 Å². The summed E-state index contributed by atoms with van der Waals surface area (Å²) in [6, 6.07) is 10.9. The molecule has 1 aliphatic heterocycles. The second-order valence-corrected chi connectivity index (χ2v) is 6.96. The summed E-state index contributed by atoms with van der Waals surface area (Å²) in [7, 11) is 0. The summed E-state index contributed by atoms with van der Waals surface area (Å²) in [5.74, 6) is -1.27. The molecular formula is C21H20F2N4O. The highest BCUT2D eigenvalue weighted by Crippen LogP contribution is 2.31. The molecular weight excluding hydrogens is 362 g/mol. The van der Waals surface area contributed by atoms with Crippen LogP contribution in [0.2, 0.25) is 0 Å². The van der Waals surface area contributed by atoms with E-state index in [0.29, 0.717) is 29.3 Å². The molecule has 0 unspecified atom stereocenters. The number of nitrogens with zero attached hydrogens (tertiary/aromatic N) is 3. The van der Waals surface area contributed by atoms with E-state index >= 15 is 0 Å². The first-order valence-electron chi connectivity index (χ1n) is 9.31. The predicted octanol–water partition coefficient (Wildman–Crippen LogP) is 3.84. The van der Waals surface area contributed by atoms with E-state index in [4.69, 9.17) is 0 Å². The van der Waals surface area contributed by atoms with Crippen LogP contribution in [0.4, 0.5) is 8.78 Å². The summed E-state index contributed by atoms with van der Waals surface area (Å²) in [6.07, 6.45) is 4.53. The van der Waals surface area contributed by atoms with Gasteiger partial charge in [0.15, 0.2) is 17.5 Å². The molecule has 4 rings (SSSR count). The molecule has 1 aromatic carbocycles. The van der Waals surface area contributed by atoms with Gasteiger partial charge in [0, 0.05) is 18.8 Å². The van der Waals surface area contributed by atoms with E-state index in [-0.39, 0.29) is 11.6 Å². The molecule has 3 aromatic rings. The largest absolute Gasteiger partial charge is 0.305 e. The minimum absolute atomic E-state index is 0.0633. The fraction of sp³-hybridized carbons (Fsp3) is 0.286. The first-order valence-corrected chi connectivity index (χ1v) is 9.31. The summed E-state index contributed by atoms with van der Waals surface area (Å²) in [5, 5.41) is 0. The van der Waals surface area contributed by atoms with Crippen LogP contribution >= 0.6 is 0 Å². The van der Waals surface area contributed by atoms with Gasteiger partial charge in [0.05, 0.1) is 11.7 Å². The van der Waals surface area contributed by atoms with Gasteiger partial charge in [-0.2, -0.15) is 0 Å². The quantitative estimate of drug-likeness (QED) is 0.745. The van der Waals surface area contributed by atoms with Gasteiger partial charge in [0.1, 0.15) is 5.69 Å². The molecule has 1 saturated heterocycles. The third kappa shape index (κ3) is 3.99. The monoisotopic (exact) mass is 382 g/mol. The maximum absolute atomic E-state index is 13.6. The number of hydrogen-bond acceptors (Lipinski definition) is 4. The fourth-order valence-electron chi connectivity index (χ4n) is 3.66. The van der Waals surface area contributed by atoms with Gasteiger partial charge in [0.2, 0.25) is 0 Å². The van der Waals surface area contributed by atoms with Crippen molar-refractivity contribution < 1.29 is 8.78 Å². The van der Waals surface area contributed by atoms with E-state index < -0.39 is 11.6 Å². The van der Waals surface area contributed by atoms with E-state index in [0.717, 1.165) is 31.9 Å². The lowest BCUT2D eigenvalue weighted by molar-refractivity contribution is 0.137. The van der Waals surface area contributed by atoms with Crippen molar-refractivity contribution in [1.82, 2.24) is 19.9 Å². The maximum atomic E-state index is 13.6. The third-order valence-corrected chi connectivity index (χ3v) is 4.99. The van der Waals surface area contributed by atoms with Gasteiger partial charge >= 0.3 is 0 Å². The van der Waals surface area contributed by atoms with Crippen LogP contribution in [0.15, 0.2) is 53.5 Å². The number of rotatable bonds is 4. The smallest absolute Gasteiger partial charge is 0.251 e. The molecule has 7 heteroatoms. The number of benzene rings is 1. The Balaban J connectivity index is 1.65. The Labute approximate surface area is 161 Å². The zero-order chi connectivity index (χ0) is 19.5. The van der Waals surface area contributed by atoms with Crippen LogP contribution in [-0.4, -0.2) is 26.4 Å². The van der Waals surface area contributed by atoms with E-state index in [1.807, 2.05) is 6.07 Å². The first-order chi connectivity index (χ1) is 13.6. The molecule has 3 heterocycles. The standard InChI is InChI=1S/C21H20F2N4O/c22-15-8-7-14(11-16(15)23)13-27-10-4-2-6-19(27)18-12-20(28)26-21(25-18)17-5-1-3-9-24-17/h1,3,5,7-9,11-12,19H,2,4,6,10,13H2,(H,25,26,28)/t19-/m0/s1. The van der Waals surface area contributed by atoms with Crippen molar-refractivity contribution in [2.75, 3.05) is 6.54 Å². The minimum atomic E-state index is -0.852. The molecule has 0 spiro atoms. The topological polar surface area (TPSA) is 61.9 Å². The van der Waals surface area contributed by atoms with Crippen LogP contribution in [0.3, 0.4) is 0 Å². The van der Waals surface area contributed by atoms with Crippen molar-refractivity contribution in [2.24, 2.45) is 0 Å². The Bertz CT molecular complexity index is 1020. The highest BCUT2D eigenvalue weighted by atomic mass is 19.2. The lowest BCUT2D eigenvalue weighted by Crippen LogP contribution is -2.34. The number of hydrogen-bond donors (Lipinski definition) is 1. The summed E-state index contributed by atoms with van der Waals surface area (Å²) in [5.41, 5.74) is 1.74. The molecule has 0 radical (unpaired) electrons. The van der Waals surface area contributed by atoms with Gasteiger partial charge in [-0.3, -0.25) is 14.7 Å². The van der Waals surface area contributed by atoms with Crippen LogP contribution in [-0.2, 0) is 6.54 Å². The third-order valence-electron chi connectivity index (χ3n) is 4.99. The number of aromatic amines is 1. The Morgan fingerprint density at radius 1 is 1.11 bits per heavy atom. The normalized spacial score (nSPS) is 17.6. The Morgan fingerprint density at radius 3 is 2.79 bits per heavy atom. The Morgan fingerprint density at radius 2 is 2.00 bits per heavy atom. The average Bonchev–Trinajstić information content (AvgIpc) is 2.71. The molecule has 5 nitrogen and oxygen atoms in total. The lowest BCUT2D eigenvalue weighted by atomic mass is 9.98. The van der Waals surface area contributed by atoms with Crippen molar-refractivity contribution in [3.63, 3.8) is 0 Å². The molecule has 28 heavy (non-hydrogen) atoms. The lowest BCUT2D eigenvalue weighted by Gasteiger charge is -2.35. The number of halogens is 2. The van der Waals surface area contributed by atoms with Gasteiger partial charge in [-0.05, 0) is 49.2 Å². The second kappa shape index (κ2) is 7.98. The van der Waals surface area contributed by atoms with Gasteiger partial charge in [-0.15, -0.1) is 0 Å². The van der Waals surface area contributed by atoms with Crippen molar-refractivity contribution in [2.45, 2.75) is 31.8 Å². The van der Waals surface area contributed by atoms with Gasteiger partial charge < -0.3 is 4.98 Å². The Hall–Kier alpha value is -2.93. The van der Waals surface area contributed by atoms with Crippen LogP contribution in [0.5, 0.6) is 0 Å². The minimum Gasteiger partial charge on any atom is -0.305 e. The van der Waals surface area contributed by atoms with Gasteiger partial charge in [-0.25, -0.2) is 13.8 Å². The number of H-pyrrole nitrogens is 1. The number of aromatic nitrogens is 3. The molecule has 1 N–H and O–H groups in total. The molecule has 144 valence electrons. The summed E-state index contributed by atoms with van der Waals surface area (Å²) < 4.78 is 26.8. The molecule has 0 aliphatic carbocycles. The molecule has 1 atom stereocenters. The van der Waals surface area contributed by atoms with Crippen LogP contribution in [0.1, 0.15) is 36.6 Å².